The number of hydrogen-bond donors (Lipinski definition) is 0. The highest BCUT2D eigenvalue weighted by molar-refractivity contribution is 6.32. The van der Waals surface area contributed by atoms with Gasteiger partial charge in [0, 0.05) is 13.0 Å². The van der Waals surface area contributed by atoms with Gasteiger partial charge >= 0.3 is 0 Å². The summed E-state index contributed by atoms with van der Waals surface area (Å²) in [4.78, 5) is 12.5. The fraction of sp³-hybridized carbons (Fsp3) is 0.375. The summed E-state index contributed by atoms with van der Waals surface area (Å²) in [5.41, 5.74) is 2.63. The van der Waals surface area contributed by atoms with Gasteiger partial charge in [0.2, 0.25) is 0 Å². The minimum absolute atomic E-state index is 0.0442. The van der Waals surface area contributed by atoms with Gasteiger partial charge in [0.05, 0.1) is 22.8 Å². The van der Waals surface area contributed by atoms with Crippen LogP contribution in [0.1, 0.15) is 23.9 Å². The standard InChI is InChI=1S/C16H17ClN2O2/c1-3-19-12(16(17)10(2)18-19)9-13(20)15-8-11-6-4-5-7-14(11)21-15/h4-7,15H,3,8-9H2,1-2H3. The van der Waals surface area contributed by atoms with E-state index in [1.165, 1.54) is 0 Å². The third-order valence-corrected chi connectivity index (χ3v) is 4.29. The molecule has 1 aromatic heterocycles. The largest absolute Gasteiger partial charge is 0.482 e. The maximum atomic E-state index is 12.5. The number of ether oxygens (including phenoxy) is 1. The van der Waals surface area contributed by atoms with E-state index in [-0.39, 0.29) is 12.2 Å². The number of carbonyl (C=O) groups excluding carboxylic acids is 1. The number of carbonyl (C=O) groups is 1. The highest BCUT2D eigenvalue weighted by Gasteiger charge is 2.30. The summed E-state index contributed by atoms with van der Waals surface area (Å²) in [5, 5.41) is 4.92. The topological polar surface area (TPSA) is 44.1 Å². The normalized spacial score (nSPS) is 16.6. The number of para-hydroxylation sites is 1. The first kappa shape index (κ1) is 14.1. The fourth-order valence-electron chi connectivity index (χ4n) is 2.68. The molecule has 0 saturated heterocycles. The minimum Gasteiger partial charge on any atom is -0.482 e. The van der Waals surface area contributed by atoms with Crippen LogP contribution in [0.25, 0.3) is 0 Å². The molecule has 110 valence electrons. The van der Waals surface area contributed by atoms with Gasteiger partial charge in [0.1, 0.15) is 5.75 Å². The van der Waals surface area contributed by atoms with Crippen molar-refractivity contribution < 1.29 is 9.53 Å². The second kappa shape index (κ2) is 5.53. The van der Waals surface area contributed by atoms with E-state index in [2.05, 4.69) is 5.10 Å². The molecule has 0 N–H and O–H groups in total. The third-order valence-electron chi connectivity index (χ3n) is 3.80. The molecular formula is C16H17ClN2O2. The molecule has 1 atom stereocenters. The molecule has 0 amide bonds. The molecule has 1 aliphatic rings. The summed E-state index contributed by atoms with van der Waals surface area (Å²) < 4.78 is 7.53. The van der Waals surface area contributed by atoms with E-state index in [0.717, 1.165) is 22.7 Å². The number of aromatic nitrogens is 2. The summed E-state index contributed by atoms with van der Waals surface area (Å²) in [6, 6.07) is 7.77. The summed E-state index contributed by atoms with van der Waals surface area (Å²) in [5.74, 6) is 0.852. The second-order valence-corrected chi connectivity index (χ2v) is 5.60. The van der Waals surface area contributed by atoms with E-state index < -0.39 is 6.10 Å². The van der Waals surface area contributed by atoms with Crippen molar-refractivity contribution in [3.05, 3.63) is 46.2 Å². The molecule has 1 aromatic carbocycles. The molecule has 2 heterocycles. The van der Waals surface area contributed by atoms with E-state index in [0.29, 0.717) is 18.0 Å². The smallest absolute Gasteiger partial charge is 0.179 e. The van der Waals surface area contributed by atoms with E-state index in [1.54, 1.807) is 4.68 Å². The van der Waals surface area contributed by atoms with Gasteiger partial charge in [-0.15, -0.1) is 0 Å². The van der Waals surface area contributed by atoms with E-state index in [4.69, 9.17) is 16.3 Å². The highest BCUT2D eigenvalue weighted by Crippen LogP contribution is 2.29. The number of rotatable bonds is 4. The molecular weight excluding hydrogens is 288 g/mol. The number of aryl methyl sites for hydroxylation is 2. The van der Waals surface area contributed by atoms with Crippen molar-refractivity contribution in [2.75, 3.05) is 0 Å². The van der Waals surface area contributed by atoms with E-state index in [9.17, 15) is 4.79 Å². The summed E-state index contributed by atoms with van der Waals surface area (Å²) in [7, 11) is 0. The first-order valence-electron chi connectivity index (χ1n) is 7.09. The van der Waals surface area contributed by atoms with Crippen molar-refractivity contribution in [2.45, 2.75) is 39.3 Å². The Morgan fingerprint density at radius 2 is 2.24 bits per heavy atom. The number of benzene rings is 1. The van der Waals surface area contributed by atoms with Gasteiger partial charge in [-0.2, -0.15) is 5.10 Å². The van der Waals surface area contributed by atoms with Crippen molar-refractivity contribution in [1.82, 2.24) is 9.78 Å². The van der Waals surface area contributed by atoms with Crippen LogP contribution in [0, 0.1) is 6.92 Å². The van der Waals surface area contributed by atoms with E-state index >= 15 is 0 Å². The van der Waals surface area contributed by atoms with Crippen LogP contribution in [-0.2, 0) is 24.2 Å². The highest BCUT2D eigenvalue weighted by atomic mass is 35.5. The number of ketones is 1. The van der Waals surface area contributed by atoms with Gasteiger partial charge < -0.3 is 4.74 Å². The number of halogens is 1. The van der Waals surface area contributed by atoms with Gasteiger partial charge in [-0.25, -0.2) is 0 Å². The van der Waals surface area contributed by atoms with Crippen LogP contribution in [0.4, 0.5) is 0 Å². The van der Waals surface area contributed by atoms with Gasteiger partial charge in [0.25, 0.3) is 0 Å². The van der Waals surface area contributed by atoms with Crippen molar-refractivity contribution in [3.8, 4) is 5.75 Å². The second-order valence-electron chi connectivity index (χ2n) is 5.22. The molecule has 0 saturated carbocycles. The van der Waals surface area contributed by atoms with Crippen LogP contribution < -0.4 is 4.74 Å². The Kier molecular flexibility index (Phi) is 3.72. The number of nitrogens with zero attached hydrogens (tertiary/aromatic N) is 2. The quantitative estimate of drug-likeness (QED) is 0.872. The summed E-state index contributed by atoms with van der Waals surface area (Å²) >= 11 is 6.26. The Hall–Kier alpha value is -1.81. The fourth-order valence-corrected chi connectivity index (χ4v) is 2.88. The minimum atomic E-state index is -0.418. The van der Waals surface area contributed by atoms with Gasteiger partial charge in [-0.1, -0.05) is 29.8 Å². The summed E-state index contributed by atoms with van der Waals surface area (Å²) in [6.45, 7) is 4.53. The predicted molar refractivity (Wildman–Crippen MR) is 80.9 cm³/mol. The SMILES string of the molecule is CCn1nc(C)c(Cl)c1CC(=O)C1Cc2ccccc2O1. The Balaban J connectivity index is 1.77. The Morgan fingerprint density at radius 3 is 2.95 bits per heavy atom. The maximum Gasteiger partial charge on any atom is 0.179 e. The van der Waals surface area contributed by atoms with Crippen LogP contribution >= 0.6 is 11.6 Å². The molecule has 3 rings (SSSR count). The third kappa shape index (κ3) is 2.56. The Labute approximate surface area is 128 Å². The lowest BCUT2D eigenvalue weighted by Crippen LogP contribution is -2.27. The number of Topliss-reactive ketones (excluding diaryl/α,β-unsaturated/α-hetero) is 1. The lowest BCUT2D eigenvalue weighted by molar-refractivity contribution is -0.124. The maximum absolute atomic E-state index is 12.5. The first-order chi connectivity index (χ1) is 10.1. The molecule has 0 bridgehead atoms. The molecule has 0 spiro atoms. The predicted octanol–water partition coefficient (Wildman–Crippen LogP) is 2.98. The monoisotopic (exact) mass is 304 g/mol. The lowest BCUT2D eigenvalue weighted by Gasteiger charge is -2.10. The first-order valence-corrected chi connectivity index (χ1v) is 7.47. The van der Waals surface area contributed by atoms with Gasteiger partial charge in [-0.05, 0) is 25.5 Å². The van der Waals surface area contributed by atoms with Crippen molar-refractivity contribution in [1.29, 1.82) is 0 Å². The Bertz CT molecular complexity index is 669. The zero-order valence-corrected chi connectivity index (χ0v) is 12.9. The molecule has 5 heteroatoms. The lowest BCUT2D eigenvalue weighted by atomic mass is 10.0. The molecule has 0 aliphatic carbocycles. The van der Waals surface area contributed by atoms with Crippen molar-refractivity contribution >= 4 is 17.4 Å². The molecule has 0 radical (unpaired) electrons. The van der Waals surface area contributed by atoms with Crippen molar-refractivity contribution in [3.63, 3.8) is 0 Å². The zero-order valence-electron chi connectivity index (χ0n) is 12.1. The van der Waals surface area contributed by atoms with E-state index in [1.807, 2.05) is 38.1 Å². The van der Waals surface area contributed by atoms with Crippen LogP contribution in [0.15, 0.2) is 24.3 Å². The molecule has 21 heavy (non-hydrogen) atoms. The molecule has 4 nitrogen and oxygen atoms in total. The molecule has 1 aliphatic heterocycles. The Morgan fingerprint density at radius 1 is 1.48 bits per heavy atom. The van der Waals surface area contributed by atoms with Crippen LogP contribution in [0.5, 0.6) is 5.75 Å². The molecule has 0 fully saturated rings. The number of hydrogen-bond acceptors (Lipinski definition) is 3. The van der Waals surface area contributed by atoms with Gasteiger partial charge in [0.15, 0.2) is 11.9 Å². The average molecular weight is 305 g/mol. The molecule has 2 aromatic rings. The van der Waals surface area contributed by atoms with Gasteiger partial charge in [-0.3, -0.25) is 9.48 Å². The number of fused-ring (bicyclic) bond motifs is 1. The molecule has 1 unspecified atom stereocenters. The summed E-state index contributed by atoms with van der Waals surface area (Å²) in [6.07, 6.45) is 0.469. The van der Waals surface area contributed by atoms with Crippen molar-refractivity contribution in [2.24, 2.45) is 0 Å². The van der Waals surface area contributed by atoms with Crippen LogP contribution in [0.3, 0.4) is 0 Å². The zero-order chi connectivity index (χ0) is 15.0. The van der Waals surface area contributed by atoms with Crippen LogP contribution in [0.2, 0.25) is 5.02 Å². The average Bonchev–Trinajstić information content (AvgIpc) is 3.03. The van der Waals surface area contributed by atoms with Crippen LogP contribution in [-0.4, -0.2) is 21.7 Å².